The molecule has 6 nitrogen and oxygen atoms in total. The molecule has 1 amide bonds. The van der Waals surface area contributed by atoms with Gasteiger partial charge < -0.3 is 19.4 Å². The first-order valence-corrected chi connectivity index (χ1v) is 11.6. The lowest BCUT2D eigenvalue weighted by molar-refractivity contribution is -0.127. The van der Waals surface area contributed by atoms with E-state index < -0.39 is 0 Å². The third-order valence-electron chi connectivity index (χ3n) is 7.25. The number of aromatic nitrogens is 3. The highest BCUT2D eigenvalue weighted by atomic mass is 16.1. The number of benzene rings is 1. The van der Waals surface area contributed by atoms with E-state index in [-0.39, 0.29) is 11.8 Å². The van der Waals surface area contributed by atoms with Gasteiger partial charge in [0.05, 0.1) is 12.2 Å². The van der Waals surface area contributed by atoms with E-state index in [1.54, 1.807) is 6.20 Å². The maximum Gasteiger partial charge on any atom is 0.224 e. The van der Waals surface area contributed by atoms with Crippen molar-refractivity contribution < 1.29 is 4.79 Å². The minimum Gasteiger partial charge on any atom is -0.356 e. The Hall–Kier alpha value is -2.60. The van der Waals surface area contributed by atoms with E-state index in [1.165, 1.54) is 22.0 Å². The summed E-state index contributed by atoms with van der Waals surface area (Å²) in [6, 6.07) is 7.67. The van der Waals surface area contributed by atoms with Gasteiger partial charge in [0.2, 0.25) is 5.91 Å². The first-order valence-electron chi connectivity index (χ1n) is 11.6. The van der Waals surface area contributed by atoms with Gasteiger partial charge in [-0.05, 0) is 57.4 Å². The zero-order valence-corrected chi connectivity index (χ0v) is 18.8. The molecule has 1 unspecified atom stereocenters. The highest BCUT2D eigenvalue weighted by molar-refractivity contribution is 5.89. The molecule has 1 aliphatic heterocycles. The minimum atomic E-state index is 0.0449. The molecule has 1 saturated heterocycles. The molecule has 0 bridgehead atoms. The maximum atomic E-state index is 13.0. The standard InChI is InChI=1S/C25H33N5O/c1-17(2)30-15-18-13-23-21(20-6-4-7-22(30)24(18)20)12-19(14-28(23)3)25(31)27-8-5-10-29-11-9-26-16-29/h4,6-7,9,11,15-17,19,21,23H,5,8,10,12-14H2,1-3H3,(H,27,31)/t19?,21-,23-/m1/s1. The summed E-state index contributed by atoms with van der Waals surface area (Å²) < 4.78 is 4.46. The molecular formula is C25H33N5O. The van der Waals surface area contributed by atoms with E-state index in [0.29, 0.717) is 24.5 Å². The molecule has 2 aliphatic rings. The van der Waals surface area contributed by atoms with Gasteiger partial charge >= 0.3 is 0 Å². The summed E-state index contributed by atoms with van der Waals surface area (Å²) in [5.74, 6) is 0.664. The number of hydrogen-bond donors (Lipinski definition) is 1. The Balaban J connectivity index is 1.31. The summed E-state index contributed by atoms with van der Waals surface area (Å²) in [6.07, 6.45) is 10.9. The van der Waals surface area contributed by atoms with Crippen LogP contribution in [0, 0.1) is 5.92 Å². The molecule has 164 valence electrons. The predicted octanol–water partition coefficient (Wildman–Crippen LogP) is 3.59. The highest BCUT2D eigenvalue weighted by Crippen LogP contribution is 2.45. The number of aryl methyl sites for hydroxylation is 1. The summed E-state index contributed by atoms with van der Waals surface area (Å²) >= 11 is 0. The molecule has 0 saturated carbocycles. The SMILES string of the molecule is CC(C)n1cc2c3c(cccc31)[C@H]1CC(C(=O)NCCCn3ccnc3)CN(C)[C@@H]1C2. The van der Waals surface area contributed by atoms with E-state index in [1.807, 2.05) is 12.5 Å². The number of piperidine rings is 1. The molecule has 31 heavy (non-hydrogen) atoms. The fourth-order valence-corrected chi connectivity index (χ4v) is 5.73. The Bertz CT molecular complexity index is 1070. The van der Waals surface area contributed by atoms with Crippen LogP contribution in [-0.2, 0) is 17.8 Å². The molecule has 3 heterocycles. The number of likely N-dealkylation sites (N-methyl/N-ethyl adjacent to an activating group) is 1. The van der Waals surface area contributed by atoms with Gasteiger partial charge in [0.25, 0.3) is 0 Å². The van der Waals surface area contributed by atoms with Crippen LogP contribution in [-0.4, -0.2) is 51.1 Å². The molecule has 1 N–H and O–H groups in total. The lowest BCUT2D eigenvalue weighted by Gasteiger charge is -2.45. The summed E-state index contributed by atoms with van der Waals surface area (Å²) in [5.41, 5.74) is 4.25. The van der Waals surface area contributed by atoms with Crippen molar-refractivity contribution >= 4 is 16.8 Å². The molecule has 0 spiro atoms. The second kappa shape index (κ2) is 8.15. The fraction of sp³-hybridized carbons (Fsp3) is 0.520. The summed E-state index contributed by atoms with van der Waals surface area (Å²) in [4.78, 5) is 19.5. The van der Waals surface area contributed by atoms with Crippen LogP contribution in [0.4, 0.5) is 0 Å². The van der Waals surface area contributed by atoms with Gasteiger partial charge in [-0.15, -0.1) is 0 Å². The Morgan fingerprint density at radius 2 is 2.19 bits per heavy atom. The number of nitrogens with zero attached hydrogens (tertiary/aromatic N) is 4. The Morgan fingerprint density at radius 3 is 2.97 bits per heavy atom. The molecule has 0 radical (unpaired) electrons. The third kappa shape index (κ3) is 3.67. The van der Waals surface area contributed by atoms with Gasteiger partial charge in [-0.25, -0.2) is 4.98 Å². The largest absolute Gasteiger partial charge is 0.356 e. The molecule has 2 aromatic heterocycles. The van der Waals surface area contributed by atoms with Crippen LogP contribution in [0.1, 0.15) is 49.8 Å². The van der Waals surface area contributed by atoms with Gasteiger partial charge in [-0.1, -0.05) is 12.1 Å². The van der Waals surface area contributed by atoms with E-state index in [9.17, 15) is 4.79 Å². The number of likely N-dealkylation sites (tertiary alicyclic amines) is 1. The van der Waals surface area contributed by atoms with E-state index in [4.69, 9.17) is 0 Å². The lowest BCUT2D eigenvalue weighted by Crippen LogP contribution is -2.51. The topological polar surface area (TPSA) is 55.1 Å². The number of nitrogens with one attached hydrogen (secondary N) is 1. The van der Waals surface area contributed by atoms with Crippen LogP contribution in [0.2, 0.25) is 0 Å². The lowest BCUT2D eigenvalue weighted by atomic mass is 9.72. The van der Waals surface area contributed by atoms with Crippen LogP contribution in [0.5, 0.6) is 0 Å². The minimum absolute atomic E-state index is 0.0449. The number of hydrogen-bond acceptors (Lipinski definition) is 3. The van der Waals surface area contributed by atoms with Gasteiger partial charge in [0, 0.05) is 67.1 Å². The zero-order chi connectivity index (χ0) is 21.5. The predicted molar refractivity (Wildman–Crippen MR) is 123 cm³/mol. The second-order valence-corrected chi connectivity index (χ2v) is 9.59. The van der Waals surface area contributed by atoms with Gasteiger partial charge in [0.1, 0.15) is 0 Å². The zero-order valence-electron chi connectivity index (χ0n) is 18.8. The van der Waals surface area contributed by atoms with Crippen molar-refractivity contribution in [2.24, 2.45) is 5.92 Å². The van der Waals surface area contributed by atoms with Crippen LogP contribution in [0.15, 0.2) is 43.1 Å². The smallest absolute Gasteiger partial charge is 0.224 e. The molecule has 3 aromatic rings. The normalized spacial score (nSPS) is 23.3. The number of imidazole rings is 1. The number of carbonyl (C=O) groups is 1. The Morgan fingerprint density at radius 1 is 1.32 bits per heavy atom. The first-order chi connectivity index (χ1) is 15.0. The Labute approximate surface area is 184 Å². The first kappa shape index (κ1) is 20.3. The van der Waals surface area contributed by atoms with Gasteiger partial charge in [-0.3, -0.25) is 4.79 Å². The quantitative estimate of drug-likeness (QED) is 0.622. The second-order valence-electron chi connectivity index (χ2n) is 9.59. The van der Waals surface area contributed by atoms with Gasteiger partial charge in [0.15, 0.2) is 0 Å². The molecule has 5 rings (SSSR count). The average Bonchev–Trinajstić information content (AvgIpc) is 3.41. The van der Waals surface area contributed by atoms with Crippen molar-refractivity contribution in [2.75, 3.05) is 20.1 Å². The molecule has 6 heteroatoms. The van der Waals surface area contributed by atoms with E-state index in [0.717, 1.165) is 32.4 Å². The van der Waals surface area contributed by atoms with Crippen LogP contribution in [0.3, 0.4) is 0 Å². The fourth-order valence-electron chi connectivity index (χ4n) is 5.73. The Kier molecular flexibility index (Phi) is 5.34. The number of amides is 1. The molecular weight excluding hydrogens is 386 g/mol. The molecule has 1 aliphatic carbocycles. The van der Waals surface area contributed by atoms with E-state index in [2.05, 4.69) is 69.6 Å². The van der Waals surface area contributed by atoms with E-state index >= 15 is 0 Å². The number of rotatable bonds is 6. The molecule has 3 atom stereocenters. The van der Waals surface area contributed by atoms with Crippen molar-refractivity contribution in [1.82, 2.24) is 24.3 Å². The maximum absolute atomic E-state index is 13.0. The molecule has 1 fully saturated rings. The van der Waals surface area contributed by atoms with Crippen LogP contribution >= 0.6 is 0 Å². The van der Waals surface area contributed by atoms with Crippen molar-refractivity contribution in [3.8, 4) is 0 Å². The highest BCUT2D eigenvalue weighted by Gasteiger charge is 2.41. The van der Waals surface area contributed by atoms with Crippen LogP contribution < -0.4 is 5.32 Å². The molecule has 1 aromatic carbocycles. The summed E-state index contributed by atoms with van der Waals surface area (Å²) in [5, 5.41) is 4.63. The van der Waals surface area contributed by atoms with Gasteiger partial charge in [-0.2, -0.15) is 0 Å². The van der Waals surface area contributed by atoms with Crippen LogP contribution in [0.25, 0.3) is 10.9 Å². The third-order valence-corrected chi connectivity index (χ3v) is 7.25. The summed E-state index contributed by atoms with van der Waals surface area (Å²) in [6.45, 7) is 6.93. The van der Waals surface area contributed by atoms with Crippen molar-refractivity contribution in [1.29, 1.82) is 0 Å². The average molecular weight is 420 g/mol. The number of carbonyl (C=O) groups excluding carboxylic acids is 1. The monoisotopic (exact) mass is 419 g/mol. The van der Waals surface area contributed by atoms with Crippen molar-refractivity contribution in [3.63, 3.8) is 0 Å². The van der Waals surface area contributed by atoms with Crippen molar-refractivity contribution in [3.05, 3.63) is 54.2 Å². The summed E-state index contributed by atoms with van der Waals surface area (Å²) in [7, 11) is 2.20. The van der Waals surface area contributed by atoms with Crippen molar-refractivity contribution in [2.45, 2.75) is 57.7 Å². The number of fused-ring (bicyclic) bond motifs is 2.